The van der Waals surface area contributed by atoms with Crippen LogP contribution in [-0.2, 0) is 5.41 Å². The van der Waals surface area contributed by atoms with Gasteiger partial charge in [0.15, 0.2) is 0 Å². The van der Waals surface area contributed by atoms with Crippen molar-refractivity contribution >= 4 is 5.82 Å². The number of allylic oxidation sites excluding steroid dienone is 1. The van der Waals surface area contributed by atoms with E-state index < -0.39 is 0 Å². The molecule has 0 aromatic carbocycles. The van der Waals surface area contributed by atoms with Crippen molar-refractivity contribution in [3.8, 4) is 5.88 Å². The summed E-state index contributed by atoms with van der Waals surface area (Å²) in [5.41, 5.74) is 0.880. The van der Waals surface area contributed by atoms with Crippen molar-refractivity contribution in [2.24, 2.45) is 0 Å². The molecule has 4 nitrogen and oxygen atoms in total. The number of aromatic nitrogens is 2. The highest BCUT2D eigenvalue weighted by Gasteiger charge is 2.21. The smallest absolute Gasteiger partial charge is 0.221 e. The third kappa shape index (κ3) is 5.37. The molecular weight excluding hydrogens is 262 g/mol. The van der Waals surface area contributed by atoms with Gasteiger partial charge in [-0.3, -0.25) is 0 Å². The second-order valence-corrected chi connectivity index (χ2v) is 6.28. The van der Waals surface area contributed by atoms with Gasteiger partial charge in [0.25, 0.3) is 0 Å². The number of nitrogens with one attached hydrogen (secondary N) is 1. The van der Waals surface area contributed by atoms with Gasteiger partial charge in [-0.25, -0.2) is 4.98 Å². The minimum atomic E-state index is -0.102. The molecule has 1 aromatic rings. The van der Waals surface area contributed by atoms with Gasteiger partial charge in [-0.05, 0) is 26.2 Å². The van der Waals surface area contributed by atoms with Crippen LogP contribution >= 0.6 is 0 Å². The van der Waals surface area contributed by atoms with Crippen LogP contribution in [0.3, 0.4) is 0 Å². The third-order valence-corrected chi connectivity index (χ3v) is 3.11. The van der Waals surface area contributed by atoms with Gasteiger partial charge >= 0.3 is 0 Å². The van der Waals surface area contributed by atoms with E-state index in [4.69, 9.17) is 4.74 Å². The van der Waals surface area contributed by atoms with Gasteiger partial charge in [0.2, 0.25) is 5.88 Å². The molecule has 0 bridgehead atoms. The van der Waals surface area contributed by atoms with Gasteiger partial charge in [0, 0.05) is 12.0 Å². The van der Waals surface area contributed by atoms with E-state index in [-0.39, 0.29) is 5.41 Å². The molecule has 0 saturated carbocycles. The van der Waals surface area contributed by atoms with Crippen molar-refractivity contribution in [1.29, 1.82) is 0 Å². The van der Waals surface area contributed by atoms with Crippen LogP contribution in [0.4, 0.5) is 5.82 Å². The predicted molar refractivity (Wildman–Crippen MR) is 89.2 cm³/mol. The first-order valence-electron chi connectivity index (χ1n) is 7.76. The Labute approximate surface area is 129 Å². The fourth-order valence-electron chi connectivity index (χ4n) is 1.78. The Balaban J connectivity index is 3.00. The molecule has 0 amide bonds. The van der Waals surface area contributed by atoms with Crippen LogP contribution in [0.15, 0.2) is 12.7 Å². The van der Waals surface area contributed by atoms with Gasteiger partial charge in [0.05, 0.1) is 12.2 Å². The maximum absolute atomic E-state index is 5.86. The van der Waals surface area contributed by atoms with Crippen molar-refractivity contribution in [1.82, 2.24) is 9.97 Å². The van der Waals surface area contributed by atoms with E-state index in [1.165, 1.54) is 0 Å². The van der Waals surface area contributed by atoms with Gasteiger partial charge in [-0.2, -0.15) is 4.98 Å². The van der Waals surface area contributed by atoms with Crippen LogP contribution in [0.2, 0.25) is 0 Å². The summed E-state index contributed by atoms with van der Waals surface area (Å²) in [4.78, 5) is 9.28. The lowest BCUT2D eigenvalue weighted by Gasteiger charge is -2.21. The quantitative estimate of drug-likeness (QED) is 0.574. The van der Waals surface area contributed by atoms with Crippen molar-refractivity contribution in [3.05, 3.63) is 24.0 Å². The fraction of sp³-hybridized carbons (Fsp3) is 0.647. The number of nitrogens with zero attached hydrogens (tertiary/aromatic N) is 2. The fourth-order valence-corrected chi connectivity index (χ4v) is 1.78. The SMILES string of the molecule is C=CCCCOc1nc(C(C)(C)C)nc(NCCC)c1C. The zero-order valence-electron chi connectivity index (χ0n) is 14.1. The molecule has 0 fully saturated rings. The summed E-state index contributed by atoms with van der Waals surface area (Å²) in [7, 11) is 0. The highest BCUT2D eigenvalue weighted by atomic mass is 16.5. The monoisotopic (exact) mass is 291 g/mol. The van der Waals surface area contributed by atoms with Crippen LogP contribution < -0.4 is 10.1 Å². The lowest BCUT2D eigenvalue weighted by atomic mass is 9.95. The topological polar surface area (TPSA) is 47.0 Å². The Kier molecular flexibility index (Phi) is 6.66. The standard InChI is InChI=1S/C17H29N3O/c1-7-9-10-12-21-15-13(3)14(18-11-8-2)19-16(20-15)17(4,5)6/h7H,1,8-12H2,2-6H3,(H,18,19,20). The summed E-state index contributed by atoms with van der Waals surface area (Å²) in [6.45, 7) is 15.8. The van der Waals surface area contributed by atoms with E-state index in [2.05, 4.69) is 49.6 Å². The minimum Gasteiger partial charge on any atom is -0.477 e. The van der Waals surface area contributed by atoms with Crippen LogP contribution in [0.5, 0.6) is 5.88 Å². The normalized spacial score (nSPS) is 11.3. The van der Waals surface area contributed by atoms with Gasteiger partial charge < -0.3 is 10.1 Å². The summed E-state index contributed by atoms with van der Waals surface area (Å²) in [6.07, 6.45) is 4.88. The van der Waals surface area contributed by atoms with Gasteiger partial charge in [-0.15, -0.1) is 6.58 Å². The second-order valence-electron chi connectivity index (χ2n) is 6.28. The molecule has 1 N–H and O–H groups in total. The van der Waals surface area contributed by atoms with E-state index in [0.29, 0.717) is 12.5 Å². The number of rotatable bonds is 8. The number of ether oxygens (including phenoxy) is 1. The predicted octanol–water partition coefficient (Wildman–Crippen LogP) is 4.25. The van der Waals surface area contributed by atoms with Gasteiger partial charge in [-0.1, -0.05) is 33.8 Å². The van der Waals surface area contributed by atoms with Crippen molar-refractivity contribution in [2.45, 2.75) is 59.3 Å². The Hall–Kier alpha value is -1.58. The molecule has 0 atom stereocenters. The van der Waals surface area contributed by atoms with Crippen molar-refractivity contribution < 1.29 is 4.74 Å². The Morgan fingerprint density at radius 1 is 1.29 bits per heavy atom. The lowest BCUT2D eigenvalue weighted by Crippen LogP contribution is -2.19. The first-order chi connectivity index (χ1) is 9.90. The minimum absolute atomic E-state index is 0.102. The van der Waals surface area contributed by atoms with Crippen LogP contribution in [0, 0.1) is 6.92 Å². The van der Waals surface area contributed by atoms with Crippen LogP contribution in [0.25, 0.3) is 0 Å². The molecule has 0 spiro atoms. The zero-order valence-corrected chi connectivity index (χ0v) is 14.1. The van der Waals surface area contributed by atoms with Crippen LogP contribution in [-0.4, -0.2) is 23.1 Å². The highest BCUT2D eigenvalue weighted by molar-refractivity contribution is 5.49. The average Bonchev–Trinajstić information content (AvgIpc) is 2.42. The molecular formula is C17H29N3O. The van der Waals surface area contributed by atoms with E-state index in [1.807, 2.05) is 13.0 Å². The zero-order chi connectivity index (χ0) is 15.9. The molecule has 4 heteroatoms. The maximum Gasteiger partial charge on any atom is 0.221 e. The molecule has 0 aliphatic carbocycles. The number of anilines is 1. The number of hydrogen-bond acceptors (Lipinski definition) is 4. The molecule has 118 valence electrons. The van der Waals surface area contributed by atoms with Crippen LogP contribution in [0.1, 0.15) is 58.3 Å². The van der Waals surface area contributed by atoms with Crippen molar-refractivity contribution in [3.63, 3.8) is 0 Å². The molecule has 1 heterocycles. The molecule has 0 saturated heterocycles. The summed E-state index contributed by atoms with van der Waals surface area (Å²) in [5.74, 6) is 2.39. The molecule has 21 heavy (non-hydrogen) atoms. The molecule has 1 aromatic heterocycles. The first-order valence-corrected chi connectivity index (χ1v) is 7.76. The lowest BCUT2D eigenvalue weighted by molar-refractivity contribution is 0.294. The molecule has 0 unspecified atom stereocenters. The summed E-state index contributed by atoms with van der Waals surface area (Å²) in [6, 6.07) is 0. The first kappa shape index (κ1) is 17.5. The molecule has 0 radical (unpaired) electrons. The second kappa shape index (κ2) is 8.01. The average molecular weight is 291 g/mol. The largest absolute Gasteiger partial charge is 0.477 e. The van der Waals surface area contributed by atoms with Gasteiger partial charge in [0.1, 0.15) is 11.6 Å². The highest BCUT2D eigenvalue weighted by Crippen LogP contribution is 2.27. The molecule has 0 aliphatic heterocycles. The summed E-state index contributed by atoms with van der Waals surface area (Å²) >= 11 is 0. The third-order valence-electron chi connectivity index (χ3n) is 3.11. The Morgan fingerprint density at radius 2 is 2.00 bits per heavy atom. The molecule has 0 aliphatic rings. The maximum atomic E-state index is 5.86. The van der Waals surface area contributed by atoms with E-state index in [0.717, 1.165) is 43.0 Å². The summed E-state index contributed by atoms with van der Waals surface area (Å²) < 4.78 is 5.86. The number of unbranched alkanes of at least 4 members (excludes halogenated alkanes) is 1. The Morgan fingerprint density at radius 3 is 2.57 bits per heavy atom. The van der Waals surface area contributed by atoms with E-state index in [1.54, 1.807) is 0 Å². The van der Waals surface area contributed by atoms with E-state index >= 15 is 0 Å². The van der Waals surface area contributed by atoms with Crippen molar-refractivity contribution in [2.75, 3.05) is 18.5 Å². The summed E-state index contributed by atoms with van der Waals surface area (Å²) in [5, 5.41) is 3.37. The Bertz CT molecular complexity index is 464. The van der Waals surface area contributed by atoms with E-state index in [9.17, 15) is 0 Å². The molecule has 1 rings (SSSR count). The number of hydrogen-bond donors (Lipinski definition) is 1.